The van der Waals surface area contributed by atoms with Crippen molar-refractivity contribution in [2.24, 2.45) is 0 Å². The van der Waals surface area contributed by atoms with Gasteiger partial charge in [-0.3, -0.25) is 9.69 Å². The molecule has 158 valence electrons. The maximum Gasteiger partial charge on any atom is 0.220 e. The molecule has 5 nitrogen and oxygen atoms in total. The van der Waals surface area contributed by atoms with E-state index < -0.39 is 0 Å². The average molecular weight is 442 g/mol. The van der Waals surface area contributed by atoms with E-state index in [9.17, 15) is 4.79 Å². The SMILES string of the molecule is CCN1CCN(Cc2ccccc2CNC(=O)CCCNC)CC1.Cl.Cl.Cl. The first-order chi connectivity index (χ1) is 11.7. The van der Waals surface area contributed by atoms with Crippen LogP contribution in [0.25, 0.3) is 0 Å². The molecule has 0 saturated carbocycles. The van der Waals surface area contributed by atoms with Crippen LogP contribution in [0.5, 0.6) is 0 Å². The summed E-state index contributed by atoms with van der Waals surface area (Å²) in [6, 6.07) is 8.47. The van der Waals surface area contributed by atoms with Gasteiger partial charge in [-0.25, -0.2) is 0 Å². The summed E-state index contributed by atoms with van der Waals surface area (Å²) in [7, 11) is 1.91. The Morgan fingerprint density at radius 1 is 1.00 bits per heavy atom. The molecular formula is C19H35Cl3N4O. The first-order valence-electron chi connectivity index (χ1n) is 9.15. The highest BCUT2D eigenvalue weighted by molar-refractivity contribution is 5.86. The molecule has 1 fully saturated rings. The summed E-state index contributed by atoms with van der Waals surface area (Å²) in [5, 5.41) is 6.13. The van der Waals surface area contributed by atoms with E-state index in [-0.39, 0.29) is 43.1 Å². The predicted octanol–water partition coefficient (Wildman–Crippen LogP) is 2.71. The zero-order chi connectivity index (χ0) is 17.2. The van der Waals surface area contributed by atoms with E-state index in [1.54, 1.807) is 0 Å². The fourth-order valence-corrected chi connectivity index (χ4v) is 3.10. The van der Waals surface area contributed by atoms with Gasteiger partial charge in [0, 0.05) is 45.7 Å². The zero-order valence-electron chi connectivity index (χ0n) is 16.4. The lowest BCUT2D eigenvalue weighted by Crippen LogP contribution is -2.45. The minimum absolute atomic E-state index is 0. The summed E-state index contributed by atoms with van der Waals surface area (Å²) in [5.41, 5.74) is 2.57. The second-order valence-corrected chi connectivity index (χ2v) is 6.46. The average Bonchev–Trinajstić information content (AvgIpc) is 2.62. The van der Waals surface area contributed by atoms with Crippen molar-refractivity contribution in [3.63, 3.8) is 0 Å². The summed E-state index contributed by atoms with van der Waals surface area (Å²) >= 11 is 0. The second-order valence-electron chi connectivity index (χ2n) is 6.46. The molecule has 0 radical (unpaired) electrons. The zero-order valence-corrected chi connectivity index (χ0v) is 18.9. The van der Waals surface area contributed by atoms with Crippen molar-refractivity contribution in [2.75, 3.05) is 46.3 Å². The molecule has 1 aromatic carbocycles. The van der Waals surface area contributed by atoms with Crippen LogP contribution in [0.3, 0.4) is 0 Å². The molecule has 1 aromatic rings. The smallest absolute Gasteiger partial charge is 0.220 e. The van der Waals surface area contributed by atoms with Gasteiger partial charge in [0.25, 0.3) is 0 Å². The molecule has 0 unspecified atom stereocenters. The molecule has 27 heavy (non-hydrogen) atoms. The van der Waals surface area contributed by atoms with Crippen LogP contribution in [0.1, 0.15) is 30.9 Å². The van der Waals surface area contributed by atoms with Gasteiger partial charge in [0.1, 0.15) is 0 Å². The Hall–Kier alpha value is -0.560. The summed E-state index contributed by atoms with van der Waals surface area (Å²) < 4.78 is 0. The van der Waals surface area contributed by atoms with Crippen LogP contribution in [-0.4, -0.2) is 62.0 Å². The van der Waals surface area contributed by atoms with E-state index in [2.05, 4.69) is 51.6 Å². The van der Waals surface area contributed by atoms with Crippen LogP contribution in [0, 0.1) is 0 Å². The fourth-order valence-electron chi connectivity index (χ4n) is 3.10. The van der Waals surface area contributed by atoms with Crippen LogP contribution >= 0.6 is 37.2 Å². The normalized spacial score (nSPS) is 14.4. The molecule has 8 heteroatoms. The fraction of sp³-hybridized carbons (Fsp3) is 0.632. The first-order valence-corrected chi connectivity index (χ1v) is 9.15. The number of hydrogen-bond donors (Lipinski definition) is 2. The molecule has 0 aromatic heterocycles. The van der Waals surface area contributed by atoms with Crippen molar-refractivity contribution in [3.05, 3.63) is 35.4 Å². The molecule has 0 aliphatic carbocycles. The predicted molar refractivity (Wildman–Crippen MR) is 121 cm³/mol. The summed E-state index contributed by atoms with van der Waals surface area (Å²) in [4.78, 5) is 16.9. The number of amides is 1. The van der Waals surface area contributed by atoms with Crippen molar-refractivity contribution in [3.8, 4) is 0 Å². The van der Waals surface area contributed by atoms with E-state index in [4.69, 9.17) is 0 Å². The molecule has 1 aliphatic heterocycles. The van der Waals surface area contributed by atoms with E-state index in [0.717, 1.165) is 52.2 Å². The van der Waals surface area contributed by atoms with Crippen molar-refractivity contribution in [1.29, 1.82) is 0 Å². The number of carbonyl (C=O) groups excluding carboxylic acids is 1. The number of rotatable bonds is 9. The van der Waals surface area contributed by atoms with Crippen LogP contribution in [-0.2, 0) is 17.9 Å². The first kappa shape index (κ1) is 28.6. The quantitative estimate of drug-likeness (QED) is 0.579. The number of carbonyl (C=O) groups is 1. The molecule has 1 saturated heterocycles. The molecule has 0 spiro atoms. The monoisotopic (exact) mass is 440 g/mol. The molecular weight excluding hydrogens is 407 g/mol. The van der Waals surface area contributed by atoms with Gasteiger partial charge in [-0.1, -0.05) is 31.2 Å². The van der Waals surface area contributed by atoms with Crippen molar-refractivity contribution in [2.45, 2.75) is 32.9 Å². The lowest BCUT2D eigenvalue weighted by atomic mass is 10.1. The summed E-state index contributed by atoms with van der Waals surface area (Å²) in [6.45, 7) is 10.4. The van der Waals surface area contributed by atoms with Gasteiger partial charge in [-0.05, 0) is 37.7 Å². The minimum Gasteiger partial charge on any atom is -0.352 e. The standard InChI is InChI=1S/C19H32N4O.3ClH/c1-3-22-11-13-23(14-12-22)16-18-8-5-4-7-17(18)15-21-19(24)9-6-10-20-2;;;/h4-5,7-8,20H,3,6,9-16H2,1-2H3,(H,21,24);3*1H. The second kappa shape index (κ2) is 16.4. The molecule has 0 bridgehead atoms. The third-order valence-electron chi connectivity index (χ3n) is 4.73. The third-order valence-corrected chi connectivity index (χ3v) is 4.73. The highest BCUT2D eigenvalue weighted by atomic mass is 35.5. The van der Waals surface area contributed by atoms with E-state index >= 15 is 0 Å². The molecule has 0 atom stereocenters. The van der Waals surface area contributed by atoms with Crippen LogP contribution in [0.2, 0.25) is 0 Å². The Labute approximate surface area is 182 Å². The maximum atomic E-state index is 11.9. The highest BCUT2D eigenvalue weighted by Gasteiger charge is 2.16. The van der Waals surface area contributed by atoms with Gasteiger partial charge >= 0.3 is 0 Å². The molecule has 1 aliphatic rings. The van der Waals surface area contributed by atoms with Crippen molar-refractivity contribution in [1.82, 2.24) is 20.4 Å². The summed E-state index contributed by atoms with van der Waals surface area (Å²) in [6.07, 6.45) is 1.47. The number of halogens is 3. The lowest BCUT2D eigenvalue weighted by Gasteiger charge is -2.34. The minimum atomic E-state index is 0. The Bertz CT molecular complexity index is 511. The van der Waals surface area contributed by atoms with Gasteiger partial charge in [0.05, 0.1) is 0 Å². The van der Waals surface area contributed by atoms with Gasteiger partial charge in [0.2, 0.25) is 5.91 Å². The van der Waals surface area contributed by atoms with E-state index in [1.165, 1.54) is 11.1 Å². The number of hydrogen-bond acceptors (Lipinski definition) is 4. The number of nitrogens with one attached hydrogen (secondary N) is 2. The molecule has 1 amide bonds. The van der Waals surface area contributed by atoms with Crippen LogP contribution < -0.4 is 10.6 Å². The Balaban J connectivity index is 0. The Morgan fingerprint density at radius 3 is 2.19 bits per heavy atom. The Kier molecular flexibility index (Phi) is 17.4. The van der Waals surface area contributed by atoms with Crippen LogP contribution in [0.15, 0.2) is 24.3 Å². The topological polar surface area (TPSA) is 47.6 Å². The lowest BCUT2D eigenvalue weighted by molar-refractivity contribution is -0.121. The van der Waals surface area contributed by atoms with Crippen molar-refractivity contribution < 1.29 is 4.79 Å². The number of piperazine rings is 1. The largest absolute Gasteiger partial charge is 0.352 e. The maximum absolute atomic E-state index is 11.9. The number of benzene rings is 1. The number of nitrogens with zero attached hydrogens (tertiary/aromatic N) is 2. The molecule has 2 N–H and O–H groups in total. The van der Waals surface area contributed by atoms with E-state index in [1.807, 2.05) is 7.05 Å². The third kappa shape index (κ3) is 10.5. The Morgan fingerprint density at radius 2 is 1.59 bits per heavy atom. The summed E-state index contributed by atoms with van der Waals surface area (Å²) in [5.74, 6) is 0.136. The van der Waals surface area contributed by atoms with Gasteiger partial charge < -0.3 is 15.5 Å². The highest BCUT2D eigenvalue weighted by Crippen LogP contribution is 2.13. The van der Waals surface area contributed by atoms with Gasteiger partial charge in [0.15, 0.2) is 0 Å². The molecule has 2 rings (SSSR count). The van der Waals surface area contributed by atoms with Crippen molar-refractivity contribution >= 4 is 43.1 Å². The van der Waals surface area contributed by atoms with E-state index in [0.29, 0.717) is 13.0 Å². The van der Waals surface area contributed by atoms with Crippen LogP contribution in [0.4, 0.5) is 0 Å². The van der Waals surface area contributed by atoms with Gasteiger partial charge in [-0.2, -0.15) is 0 Å². The van der Waals surface area contributed by atoms with Gasteiger partial charge in [-0.15, -0.1) is 37.2 Å². The number of likely N-dealkylation sites (N-methyl/N-ethyl adjacent to an activating group) is 1. The molecule has 1 heterocycles.